The molecule has 10 heteroatoms. The SMILES string of the molecule is Cn1cnc2cc(C(=O)Nc3cc(F)c(=O)n(CCF)c3)[nH]c2c1=O. The summed E-state index contributed by atoms with van der Waals surface area (Å²) < 4.78 is 28.1. The van der Waals surface area contributed by atoms with Gasteiger partial charge in [-0.25, -0.2) is 13.8 Å². The average Bonchev–Trinajstić information content (AvgIpc) is 3.01. The molecule has 2 N–H and O–H groups in total. The van der Waals surface area contributed by atoms with E-state index in [2.05, 4.69) is 15.3 Å². The highest BCUT2D eigenvalue weighted by atomic mass is 19.1. The number of nitrogens with zero attached hydrogens (tertiary/aromatic N) is 3. The highest BCUT2D eigenvalue weighted by Crippen LogP contribution is 2.12. The zero-order chi connectivity index (χ0) is 18.1. The number of H-pyrrole nitrogens is 1. The smallest absolute Gasteiger partial charge is 0.286 e. The second-order valence-electron chi connectivity index (χ2n) is 5.32. The third-order valence-electron chi connectivity index (χ3n) is 3.57. The second-order valence-corrected chi connectivity index (χ2v) is 5.32. The van der Waals surface area contributed by atoms with Gasteiger partial charge in [0.05, 0.1) is 24.1 Å². The number of fused-ring (bicyclic) bond motifs is 1. The summed E-state index contributed by atoms with van der Waals surface area (Å²) in [4.78, 5) is 42.4. The summed E-state index contributed by atoms with van der Waals surface area (Å²) in [6.07, 6.45) is 2.46. The second kappa shape index (κ2) is 6.30. The van der Waals surface area contributed by atoms with Crippen LogP contribution in [0.5, 0.6) is 0 Å². The fraction of sp³-hybridized carbons (Fsp3) is 0.200. The zero-order valence-corrected chi connectivity index (χ0v) is 13.0. The molecule has 8 nitrogen and oxygen atoms in total. The van der Waals surface area contributed by atoms with Gasteiger partial charge in [-0.3, -0.25) is 14.4 Å². The van der Waals surface area contributed by atoms with Crippen LogP contribution in [0.1, 0.15) is 10.5 Å². The Morgan fingerprint density at radius 3 is 2.80 bits per heavy atom. The van der Waals surface area contributed by atoms with E-state index in [-0.39, 0.29) is 29.0 Å². The summed E-state index contributed by atoms with van der Waals surface area (Å²) in [6, 6.07) is 2.22. The number of rotatable bonds is 4. The Labute approximate surface area is 138 Å². The van der Waals surface area contributed by atoms with Gasteiger partial charge < -0.3 is 19.4 Å². The maximum Gasteiger partial charge on any atom is 0.286 e. The van der Waals surface area contributed by atoms with Crippen LogP contribution in [0.15, 0.2) is 34.2 Å². The fourth-order valence-corrected chi connectivity index (χ4v) is 2.33. The maximum absolute atomic E-state index is 13.6. The largest absolute Gasteiger partial charge is 0.345 e. The van der Waals surface area contributed by atoms with Crippen molar-refractivity contribution in [2.24, 2.45) is 7.05 Å². The minimum absolute atomic E-state index is 0.0185. The van der Waals surface area contributed by atoms with Gasteiger partial charge in [0, 0.05) is 19.3 Å². The summed E-state index contributed by atoms with van der Waals surface area (Å²) >= 11 is 0. The van der Waals surface area contributed by atoms with E-state index in [1.165, 1.54) is 24.0 Å². The van der Waals surface area contributed by atoms with Gasteiger partial charge in [-0.05, 0) is 6.07 Å². The van der Waals surface area contributed by atoms with E-state index in [1.54, 1.807) is 0 Å². The fourth-order valence-electron chi connectivity index (χ4n) is 2.33. The molecule has 25 heavy (non-hydrogen) atoms. The van der Waals surface area contributed by atoms with E-state index < -0.39 is 24.0 Å². The summed E-state index contributed by atoms with van der Waals surface area (Å²) in [5.74, 6) is -1.77. The normalized spacial score (nSPS) is 11.0. The van der Waals surface area contributed by atoms with Gasteiger partial charge in [0.15, 0.2) is 5.82 Å². The van der Waals surface area contributed by atoms with Crippen LogP contribution in [-0.2, 0) is 13.6 Å². The molecule has 0 radical (unpaired) electrons. The van der Waals surface area contributed by atoms with Crippen molar-refractivity contribution in [2.45, 2.75) is 6.54 Å². The Bertz CT molecular complexity index is 1080. The number of aryl methyl sites for hydroxylation is 2. The lowest BCUT2D eigenvalue weighted by atomic mass is 10.3. The number of amides is 1. The van der Waals surface area contributed by atoms with E-state index in [0.29, 0.717) is 5.52 Å². The molecule has 0 saturated carbocycles. The van der Waals surface area contributed by atoms with Crippen molar-refractivity contribution in [1.29, 1.82) is 0 Å². The molecule has 1 amide bonds. The van der Waals surface area contributed by atoms with Gasteiger partial charge in [-0.2, -0.15) is 0 Å². The predicted octanol–water partition coefficient (Wildman–Crippen LogP) is 0.784. The van der Waals surface area contributed by atoms with Crippen molar-refractivity contribution >= 4 is 22.6 Å². The molecule has 0 atom stereocenters. The Morgan fingerprint density at radius 2 is 2.08 bits per heavy atom. The lowest BCUT2D eigenvalue weighted by Gasteiger charge is -2.08. The van der Waals surface area contributed by atoms with E-state index in [9.17, 15) is 23.2 Å². The van der Waals surface area contributed by atoms with Crippen molar-refractivity contribution in [3.05, 3.63) is 56.9 Å². The molecule has 0 spiro atoms. The Kier molecular flexibility index (Phi) is 4.17. The van der Waals surface area contributed by atoms with Crippen LogP contribution in [0.4, 0.5) is 14.5 Å². The maximum atomic E-state index is 13.6. The molecule has 3 rings (SSSR count). The number of hydrogen-bond acceptors (Lipinski definition) is 4. The van der Waals surface area contributed by atoms with Crippen LogP contribution in [-0.4, -0.2) is 31.7 Å². The Balaban J connectivity index is 1.94. The molecule has 0 bridgehead atoms. The molecule has 0 aliphatic heterocycles. The van der Waals surface area contributed by atoms with Gasteiger partial charge in [-0.1, -0.05) is 0 Å². The van der Waals surface area contributed by atoms with E-state index in [1.807, 2.05) is 0 Å². The third-order valence-corrected chi connectivity index (χ3v) is 3.57. The molecule has 0 aliphatic carbocycles. The lowest BCUT2D eigenvalue weighted by molar-refractivity contribution is 0.102. The van der Waals surface area contributed by atoms with Crippen molar-refractivity contribution in [3.8, 4) is 0 Å². The average molecular weight is 349 g/mol. The Morgan fingerprint density at radius 1 is 1.32 bits per heavy atom. The first kappa shape index (κ1) is 16.6. The quantitative estimate of drug-likeness (QED) is 0.727. The summed E-state index contributed by atoms with van der Waals surface area (Å²) in [6.45, 7) is -1.18. The van der Waals surface area contributed by atoms with E-state index >= 15 is 0 Å². The molecule has 3 aromatic heterocycles. The van der Waals surface area contributed by atoms with Crippen molar-refractivity contribution in [1.82, 2.24) is 19.1 Å². The number of alkyl halides is 1. The van der Waals surface area contributed by atoms with E-state index in [4.69, 9.17) is 0 Å². The number of aromatic amines is 1. The summed E-state index contributed by atoms with van der Waals surface area (Å²) in [5.41, 5.74) is -0.851. The number of pyridine rings is 1. The molecule has 0 aliphatic rings. The molecule has 0 unspecified atom stereocenters. The zero-order valence-electron chi connectivity index (χ0n) is 13.0. The lowest BCUT2D eigenvalue weighted by Crippen LogP contribution is -2.25. The van der Waals surface area contributed by atoms with Gasteiger partial charge in [0.25, 0.3) is 17.0 Å². The molecule has 3 heterocycles. The van der Waals surface area contributed by atoms with E-state index in [0.717, 1.165) is 16.8 Å². The van der Waals surface area contributed by atoms with Crippen molar-refractivity contribution < 1.29 is 13.6 Å². The molecule has 0 saturated heterocycles. The number of anilines is 1. The number of halogens is 2. The van der Waals surface area contributed by atoms with Gasteiger partial charge in [0.1, 0.15) is 17.9 Å². The van der Waals surface area contributed by atoms with Crippen LogP contribution in [0.2, 0.25) is 0 Å². The number of carbonyl (C=O) groups is 1. The third kappa shape index (κ3) is 3.05. The van der Waals surface area contributed by atoms with Crippen LogP contribution in [0.25, 0.3) is 11.0 Å². The van der Waals surface area contributed by atoms with Crippen LogP contribution in [0.3, 0.4) is 0 Å². The molecular weight excluding hydrogens is 336 g/mol. The highest BCUT2D eigenvalue weighted by Gasteiger charge is 2.14. The summed E-state index contributed by atoms with van der Waals surface area (Å²) in [7, 11) is 1.52. The van der Waals surface area contributed by atoms with Crippen LogP contribution < -0.4 is 16.4 Å². The standard InChI is InChI=1S/C15H13F2N5O3/c1-21-7-18-10-5-11(20-12(10)15(21)25)13(23)19-8-4-9(17)14(24)22(6-8)3-2-16/h4-7,20H,2-3H2,1H3,(H,19,23). The number of hydrogen-bond donors (Lipinski definition) is 2. The minimum atomic E-state index is -1.11. The summed E-state index contributed by atoms with van der Waals surface area (Å²) in [5, 5.41) is 2.39. The van der Waals surface area contributed by atoms with Crippen molar-refractivity contribution in [3.63, 3.8) is 0 Å². The Hall–Kier alpha value is -3.30. The molecule has 0 fully saturated rings. The predicted molar refractivity (Wildman–Crippen MR) is 85.9 cm³/mol. The van der Waals surface area contributed by atoms with Crippen molar-refractivity contribution in [2.75, 3.05) is 12.0 Å². The molecule has 0 aromatic carbocycles. The molecular formula is C15H13F2N5O3. The van der Waals surface area contributed by atoms with Gasteiger partial charge >= 0.3 is 0 Å². The first-order valence-corrected chi connectivity index (χ1v) is 7.22. The molecule has 3 aromatic rings. The highest BCUT2D eigenvalue weighted by molar-refractivity contribution is 6.05. The minimum Gasteiger partial charge on any atom is -0.345 e. The van der Waals surface area contributed by atoms with Crippen LogP contribution >= 0.6 is 0 Å². The van der Waals surface area contributed by atoms with Crippen LogP contribution in [0, 0.1) is 5.82 Å². The number of nitrogens with one attached hydrogen (secondary N) is 2. The first-order chi connectivity index (χ1) is 11.9. The van der Waals surface area contributed by atoms with Gasteiger partial charge in [0.2, 0.25) is 0 Å². The monoisotopic (exact) mass is 349 g/mol. The van der Waals surface area contributed by atoms with Gasteiger partial charge in [-0.15, -0.1) is 0 Å². The number of aromatic nitrogens is 4. The molecule has 130 valence electrons. The number of carbonyl (C=O) groups excluding carboxylic acids is 1. The first-order valence-electron chi connectivity index (χ1n) is 7.22. The topological polar surface area (TPSA) is 102 Å².